The number of nitro groups is 1. The molecule has 6 nitrogen and oxygen atoms in total. The zero-order valence-corrected chi connectivity index (χ0v) is 12.8. The van der Waals surface area contributed by atoms with E-state index in [9.17, 15) is 19.6 Å². The van der Waals surface area contributed by atoms with Crippen LogP contribution >= 0.6 is 11.6 Å². The number of halogens is 2. The zero-order chi connectivity index (χ0) is 17.3. The molecule has 0 unspecified atom stereocenters. The van der Waals surface area contributed by atoms with Gasteiger partial charge < -0.3 is 9.63 Å². The Bertz CT molecular complexity index is 926. The largest absolute Gasteiger partial charge is 0.391 e. The summed E-state index contributed by atoms with van der Waals surface area (Å²) in [6, 6.07) is 9.66. The number of hydrogen-bond donors (Lipinski definition) is 1. The van der Waals surface area contributed by atoms with Crippen molar-refractivity contribution in [3.8, 4) is 22.6 Å². The van der Waals surface area contributed by atoms with Crippen LogP contribution in [-0.2, 0) is 6.61 Å². The molecule has 1 heterocycles. The summed E-state index contributed by atoms with van der Waals surface area (Å²) in [5.74, 6) is -0.386. The van der Waals surface area contributed by atoms with Crippen LogP contribution in [0.2, 0.25) is 5.02 Å². The van der Waals surface area contributed by atoms with Gasteiger partial charge in [0, 0.05) is 11.6 Å². The molecule has 0 spiro atoms. The van der Waals surface area contributed by atoms with Crippen molar-refractivity contribution < 1.29 is 18.9 Å². The van der Waals surface area contributed by atoms with E-state index >= 15 is 0 Å². The molecule has 0 amide bonds. The second-order valence-electron chi connectivity index (χ2n) is 4.90. The zero-order valence-electron chi connectivity index (χ0n) is 12.1. The molecule has 24 heavy (non-hydrogen) atoms. The summed E-state index contributed by atoms with van der Waals surface area (Å²) in [5, 5.41) is 24.8. The van der Waals surface area contributed by atoms with Crippen molar-refractivity contribution in [3.05, 3.63) is 69.0 Å². The summed E-state index contributed by atoms with van der Waals surface area (Å²) in [4.78, 5) is 10.6. The third kappa shape index (κ3) is 2.75. The molecule has 1 N–H and O–H groups in total. The number of benzene rings is 2. The maximum absolute atomic E-state index is 13.2. The first kappa shape index (κ1) is 16.1. The minimum absolute atomic E-state index is 0.0787. The van der Waals surface area contributed by atoms with Crippen LogP contribution in [0.5, 0.6) is 0 Å². The van der Waals surface area contributed by atoms with Gasteiger partial charge in [-0.25, -0.2) is 4.39 Å². The van der Waals surface area contributed by atoms with Crippen LogP contribution in [-0.4, -0.2) is 15.2 Å². The van der Waals surface area contributed by atoms with Crippen LogP contribution in [0.25, 0.3) is 22.6 Å². The summed E-state index contributed by atoms with van der Waals surface area (Å²) in [6.07, 6.45) is 0. The fourth-order valence-electron chi connectivity index (χ4n) is 2.39. The minimum Gasteiger partial charge on any atom is -0.391 e. The van der Waals surface area contributed by atoms with Crippen molar-refractivity contribution in [2.24, 2.45) is 0 Å². The Balaban J connectivity index is 2.20. The molecule has 8 heteroatoms. The molecule has 0 saturated heterocycles. The fraction of sp³-hybridized carbons (Fsp3) is 0.0625. The van der Waals surface area contributed by atoms with Crippen molar-refractivity contribution in [3.63, 3.8) is 0 Å². The molecule has 0 radical (unpaired) electrons. The molecule has 0 aliphatic rings. The van der Waals surface area contributed by atoms with E-state index in [1.807, 2.05) is 0 Å². The molecule has 0 saturated carbocycles. The van der Waals surface area contributed by atoms with Crippen molar-refractivity contribution in [2.75, 3.05) is 0 Å². The Labute approximate surface area is 140 Å². The minimum atomic E-state index is -0.546. The van der Waals surface area contributed by atoms with Gasteiger partial charge in [0.15, 0.2) is 5.76 Å². The number of nitro benzene ring substituents is 1. The van der Waals surface area contributed by atoms with Crippen molar-refractivity contribution in [2.45, 2.75) is 6.61 Å². The van der Waals surface area contributed by atoms with Crippen molar-refractivity contribution in [1.29, 1.82) is 0 Å². The highest BCUT2D eigenvalue weighted by atomic mass is 35.5. The van der Waals surface area contributed by atoms with Crippen LogP contribution in [0, 0.1) is 15.9 Å². The molecule has 0 fully saturated rings. The molecular weight excluding hydrogens is 339 g/mol. The number of aromatic nitrogens is 1. The number of aliphatic hydroxyl groups is 1. The van der Waals surface area contributed by atoms with E-state index < -0.39 is 17.3 Å². The van der Waals surface area contributed by atoms with Crippen LogP contribution in [0.15, 0.2) is 47.0 Å². The molecule has 2 aromatic carbocycles. The maximum atomic E-state index is 13.2. The maximum Gasteiger partial charge on any atom is 0.278 e. The second-order valence-corrected chi connectivity index (χ2v) is 5.30. The lowest BCUT2D eigenvalue weighted by atomic mass is 10.0. The predicted octanol–water partition coefficient (Wildman–Crippen LogP) is 4.20. The van der Waals surface area contributed by atoms with Gasteiger partial charge in [0.25, 0.3) is 5.69 Å². The standard InChI is InChI=1S/C16H10ClFN2O4/c17-13-7-9(18)5-6-10(13)16-12(8-21)15(19-24-16)11-3-1-2-4-14(11)20(22)23/h1-7,21H,8H2. The first-order chi connectivity index (χ1) is 11.5. The van der Waals surface area contributed by atoms with Gasteiger partial charge in [-0.3, -0.25) is 10.1 Å². The molecule has 0 aliphatic carbocycles. The van der Waals surface area contributed by atoms with Crippen LogP contribution in [0.1, 0.15) is 5.56 Å². The Morgan fingerprint density at radius 3 is 2.67 bits per heavy atom. The molecule has 0 bridgehead atoms. The van der Waals surface area contributed by atoms with Crippen LogP contribution in [0.3, 0.4) is 0 Å². The van der Waals surface area contributed by atoms with E-state index in [1.165, 1.54) is 30.3 Å². The smallest absolute Gasteiger partial charge is 0.278 e. The molecule has 3 rings (SSSR count). The Morgan fingerprint density at radius 1 is 1.25 bits per heavy atom. The van der Waals surface area contributed by atoms with Crippen LogP contribution in [0.4, 0.5) is 10.1 Å². The molecule has 0 aliphatic heterocycles. The predicted molar refractivity (Wildman–Crippen MR) is 84.9 cm³/mol. The van der Waals surface area contributed by atoms with E-state index in [1.54, 1.807) is 6.07 Å². The van der Waals surface area contributed by atoms with Gasteiger partial charge in [0.05, 0.1) is 27.7 Å². The number of nitrogens with zero attached hydrogens (tertiary/aromatic N) is 2. The number of hydrogen-bond acceptors (Lipinski definition) is 5. The van der Waals surface area contributed by atoms with Gasteiger partial charge in [-0.2, -0.15) is 0 Å². The van der Waals surface area contributed by atoms with Gasteiger partial charge in [-0.1, -0.05) is 28.9 Å². The highest BCUT2D eigenvalue weighted by Crippen LogP contribution is 2.38. The average molecular weight is 349 g/mol. The molecule has 122 valence electrons. The highest BCUT2D eigenvalue weighted by molar-refractivity contribution is 6.33. The first-order valence-electron chi connectivity index (χ1n) is 6.81. The Morgan fingerprint density at radius 2 is 2.00 bits per heavy atom. The number of aliphatic hydroxyl groups excluding tert-OH is 1. The lowest BCUT2D eigenvalue weighted by Crippen LogP contribution is -1.95. The monoisotopic (exact) mass is 348 g/mol. The molecule has 1 aromatic heterocycles. The van der Waals surface area contributed by atoms with E-state index in [-0.39, 0.29) is 33.3 Å². The Kier molecular flexibility index (Phi) is 4.28. The van der Waals surface area contributed by atoms with Gasteiger partial charge in [0.1, 0.15) is 11.5 Å². The van der Waals surface area contributed by atoms with E-state index in [0.29, 0.717) is 5.56 Å². The van der Waals surface area contributed by atoms with Gasteiger partial charge in [0.2, 0.25) is 0 Å². The van der Waals surface area contributed by atoms with Gasteiger partial charge >= 0.3 is 0 Å². The van der Waals surface area contributed by atoms with E-state index in [2.05, 4.69) is 5.16 Å². The third-order valence-corrected chi connectivity index (χ3v) is 3.79. The first-order valence-corrected chi connectivity index (χ1v) is 7.19. The molecule has 0 atom stereocenters. The second kappa shape index (κ2) is 6.38. The summed E-state index contributed by atoms with van der Waals surface area (Å²) >= 11 is 6.01. The highest BCUT2D eigenvalue weighted by Gasteiger charge is 2.25. The average Bonchev–Trinajstić information content (AvgIpc) is 2.98. The molecule has 3 aromatic rings. The topological polar surface area (TPSA) is 89.4 Å². The lowest BCUT2D eigenvalue weighted by Gasteiger charge is -2.04. The van der Waals surface area contributed by atoms with Crippen molar-refractivity contribution in [1.82, 2.24) is 5.16 Å². The van der Waals surface area contributed by atoms with Crippen LogP contribution < -0.4 is 0 Å². The van der Waals surface area contributed by atoms with E-state index in [0.717, 1.165) is 6.07 Å². The normalized spacial score (nSPS) is 10.8. The summed E-state index contributed by atoms with van der Waals surface area (Å²) in [5.41, 5.74) is 0.745. The Hall–Kier alpha value is -2.77. The fourth-order valence-corrected chi connectivity index (χ4v) is 2.64. The summed E-state index contributed by atoms with van der Waals surface area (Å²) < 4.78 is 18.4. The third-order valence-electron chi connectivity index (χ3n) is 3.48. The number of para-hydroxylation sites is 1. The van der Waals surface area contributed by atoms with E-state index in [4.69, 9.17) is 16.1 Å². The SMILES string of the molecule is O=[N+]([O-])c1ccccc1-c1noc(-c2ccc(F)cc2Cl)c1CO. The molecular formula is C16H10ClFN2O4. The van der Waals surface area contributed by atoms with Gasteiger partial charge in [-0.15, -0.1) is 0 Å². The number of rotatable bonds is 4. The lowest BCUT2D eigenvalue weighted by molar-refractivity contribution is -0.384. The quantitative estimate of drug-likeness (QED) is 0.563. The summed E-state index contributed by atoms with van der Waals surface area (Å²) in [6.45, 7) is -0.478. The summed E-state index contributed by atoms with van der Waals surface area (Å²) in [7, 11) is 0. The van der Waals surface area contributed by atoms with Gasteiger partial charge in [-0.05, 0) is 24.3 Å². The van der Waals surface area contributed by atoms with Crippen molar-refractivity contribution >= 4 is 17.3 Å².